The molecule has 38 heavy (non-hydrogen) atoms. The van der Waals surface area contributed by atoms with Crippen molar-refractivity contribution < 1.29 is 19.3 Å². The SMILES string of the molecule is CCCCNC1(C(N)CCC)c2cc(C)ccc2-c2ccc(/C(C/C(C)=N/OC(C)=O)=N\OC(C)=O)cc21. The topological polar surface area (TPSA) is 115 Å². The van der Waals surface area contributed by atoms with Crippen LogP contribution < -0.4 is 11.1 Å². The minimum Gasteiger partial charge on any atom is -0.326 e. The lowest BCUT2D eigenvalue weighted by atomic mass is 9.78. The van der Waals surface area contributed by atoms with Gasteiger partial charge in [0.2, 0.25) is 0 Å². The van der Waals surface area contributed by atoms with Gasteiger partial charge in [-0.15, -0.1) is 0 Å². The highest BCUT2D eigenvalue weighted by Gasteiger charge is 2.47. The molecule has 0 radical (unpaired) electrons. The van der Waals surface area contributed by atoms with Crippen molar-refractivity contribution in [2.24, 2.45) is 16.0 Å². The maximum absolute atomic E-state index is 11.6. The molecule has 2 aromatic carbocycles. The fraction of sp³-hybridized carbons (Fsp3) is 0.467. The van der Waals surface area contributed by atoms with Crippen LogP contribution in [0, 0.1) is 6.92 Å². The quantitative estimate of drug-likeness (QED) is 0.169. The zero-order valence-electron chi connectivity index (χ0n) is 23.4. The summed E-state index contributed by atoms with van der Waals surface area (Å²) in [7, 11) is 0. The molecule has 2 atom stereocenters. The number of oxime groups is 2. The maximum Gasteiger partial charge on any atom is 0.331 e. The van der Waals surface area contributed by atoms with E-state index >= 15 is 0 Å². The number of aryl methyl sites for hydroxylation is 1. The molecule has 0 fully saturated rings. The van der Waals surface area contributed by atoms with Gasteiger partial charge in [0.05, 0.1) is 17.0 Å². The second-order valence-electron chi connectivity index (χ2n) is 10.00. The van der Waals surface area contributed by atoms with E-state index in [1.54, 1.807) is 6.92 Å². The largest absolute Gasteiger partial charge is 0.331 e. The summed E-state index contributed by atoms with van der Waals surface area (Å²) < 4.78 is 0. The lowest BCUT2D eigenvalue weighted by Gasteiger charge is -2.39. The van der Waals surface area contributed by atoms with Crippen LogP contribution in [0.5, 0.6) is 0 Å². The minimum atomic E-state index is -0.578. The van der Waals surface area contributed by atoms with Crippen LogP contribution in [0.1, 0.15) is 89.0 Å². The number of hydrogen-bond acceptors (Lipinski definition) is 8. The van der Waals surface area contributed by atoms with Gasteiger partial charge >= 0.3 is 11.9 Å². The lowest BCUT2D eigenvalue weighted by molar-refractivity contribution is -0.141. The third-order valence-corrected chi connectivity index (χ3v) is 6.80. The van der Waals surface area contributed by atoms with Crippen molar-refractivity contribution in [3.8, 4) is 11.1 Å². The Morgan fingerprint density at radius 3 is 2.21 bits per heavy atom. The normalized spacial score (nSPS) is 17.6. The van der Waals surface area contributed by atoms with Crippen LogP contribution in [0.4, 0.5) is 0 Å². The van der Waals surface area contributed by atoms with Gasteiger partial charge in [0.25, 0.3) is 0 Å². The molecule has 8 heteroatoms. The highest BCUT2D eigenvalue weighted by atomic mass is 16.7. The zero-order valence-corrected chi connectivity index (χ0v) is 23.4. The van der Waals surface area contributed by atoms with Crippen LogP contribution in [0.25, 0.3) is 11.1 Å². The van der Waals surface area contributed by atoms with Gasteiger partial charge in [-0.25, -0.2) is 9.59 Å². The van der Waals surface area contributed by atoms with Crippen molar-refractivity contribution in [2.45, 2.75) is 85.2 Å². The fourth-order valence-corrected chi connectivity index (χ4v) is 5.08. The van der Waals surface area contributed by atoms with E-state index in [1.165, 1.54) is 30.5 Å². The second kappa shape index (κ2) is 12.9. The Morgan fingerprint density at radius 1 is 0.947 bits per heavy atom. The standard InChI is InChI=1S/C30H40N4O4/c1-7-9-15-32-30(29(31)10-8-2)26-16-19(3)11-13-24(26)25-14-12-23(18-27(25)30)28(34-38-22(6)36)17-20(4)33-37-21(5)35/h11-14,16,18,29,32H,7-10,15,17,31H2,1-6H3/b33-20+,34-28-. The number of hydrogen-bond donors (Lipinski definition) is 2. The predicted molar refractivity (Wildman–Crippen MR) is 151 cm³/mol. The third-order valence-electron chi connectivity index (χ3n) is 6.80. The summed E-state index contributed by atoms with van der Waals surface area (Å²) in [5.41, 5.74) is 14.0. The van der Waals surface area contributed by atoms with Crippen molar-refractivity contribution in [2.75, 3.05) is 6.54 Å². The summed E-state index contributed by atoms with van der Waals surface area (Å²) >= 11 is 0. The summed E-state index contributed by atoms with van der Waals surface area (Å²) in [5, 5.41) is 11.9. The highest BCUT2D eigenvalue weighted by Crippen LogP contribution is 2.50. The summed E-state index contributed by atoms with van der Waals surface area (Å²) in [6.07, 6.45) is 4.13. The van der Waals surface area contributed by atoms with E-state index in [-0.39, 0.29) is 12.5 Å². The Labute approximate surface area is 225 Å². The number of carbonyl (C=O) groups excluding carboxylic acids is 2. The molecule has 204 valence electrons. The molecule has 0 saturated carbocycles. The van der Waals surface area contributed by atoms with E-state index in [9.17, 15) is 9.59 Å². The molecule has 3 N–H and O–H groups in total. The van der Waals surface area contributed by atoms with Crippen molar-refractivity contribution in [3.05, 3.63) is 58.7 Å². The van der Waals surface area contributed by atoms with E-state index in [0.717, 1.165) is 48.9 Å². The summed E-state index contributed by atoms with van der Waals surface area (Å²) in [4.78, 5) is 32.7. The van der Waals surface area contributed by atoms with Gasteiger partial charge in [-0.1, -0.05) is 72.9 Å². The average molecular weight is 521 g/mol. The van der Waals surface area contributed by atoms with Crippen molar-refractivity contribution in [1.29, 1.82) is 0 Å². The Hall–Kier alpha value is -3.36. The molecule has 1 aliphatic carbocycles. The minimum absolute atomic E-state index is 0.164. The molecule has 8 nitrogen and oxygen atoms in total. The number of carbonyl (C=O) groups is 2. The first-order valence-corrected chi connectivity index (χ1v) is 13.4. The monoisotopic (exact) mass is 520 g/mol. The molecule has 0 aromatic heterocycles. The maximum atomic E-state index is 11.6. The van der Waals surface area contributed by atoms with Gasteiger partial charge in [0, 0.05) is 31.9 Å². The van der Waals surface area contributed by atoms with Crippen LogP contribution >= 0.6 is 0 Å². The van der Waals surface area contributed by atoms with Gasteiger partial charge in [-0.3, -0.25) is 0 Å². The number of fused-ring (bicyclic) bond motifs is 3. The zero-order chi connectivity index (χ0) is 27.9. The average Bonchev–Trinajstić information content (AvgIpc) is 3.14. The first-order chi connectivity index (χ1) is 18.1. The Bertz CT molecular complexity index is 1240. The van der Waals surface area contributed by atoms with E-state index < -0.39 is 17.5 Å². The Balaban J connectivity index is 2.20. The summed E-state index contributed by atoms with van der Waals surface area (Å²) in [6.45, 7) is 11.6. The molecule has 2 unspecified atom stereocenters. The molecule has 1 aliphatic rings. The van der Waals surface area contributed by atoms with Crippen LogP contribution in [0.2, 0.25) is 0 Å². The first-order valence-electron chi connectivity index (χ1n) is 13.4. The van der Waals surface area contributed by atoms with Crippen molar-refractivity contribution >= 4 is 23.4 Å². The number of unbranched alkanes of at least 4 members (excludes halogenated alkanes) is 1. The van der Waals surface area contributed by atoms with Gasteiger partial charge < -0.3 is 20.7 Å². The Morgan fingerprint density at radius 2 is 1.58 bits per heavy atom. The van der Waals surface area contributed by atoms with Crippen molar-refractivity contribution in [1.82, 2.24) is 5.32 Å². The smallest absolute Gasteiger partial charge is 0.326 e. The van der Waals surface area contributed by atoms with Gasteiger partial charge in [-0.2, -0.15) is 0 Å². The van der Waals surface area contributed by atoms with Crippen LogP contribution in [0.3, 0.4) is 0 Å². The number of nitrogens with two attached hydrogens (primary N) is 1. The van der Waals surface area contributed by atoms with E-state index in [2.05, 4.69) is 66.7 Å². The van der Waals surface area contributed by atoms with E-state index in [4.69, 9.17) is 15.4 Å². The van der Waals surface area contributed by atoms with Gasteiger partial charge in [-0.05, 0) is 61.6 Å². The molecule has 3 rings (SSSR count). The summed E-state index contributed by atoms with van der Waals surface area (Å²) in [5.74, 6) is -1.04. The molecular formula is C30H40N4O4. The molecule has 0 spiro atoms. The number of nitrogens with one attached hydrogen (secondary N) is 1. The molecule has 2 aromatic rings. The predicted octanol–water partition coefficient (Wildman–Crippen LogP) is 5.33. The fourth-order valence-electron chi connectivity index (χ4n) is 5.08. The van der Waals surface area contributed by atoms with Gasteiger partial charge in [0.15, 0.2) is 0 Å². The lowest BCUT2D eigenvalue weighted by Crippen LogP contribution is -2.55. The molecule has 0 heterocycles. The third kappa shape index (κ3) is 6.37. The highest BCUT2D eigenvalue weighted by molar-refractivity contribution is 6.12. The molecule has 0 amide bonds. The first kappa shape index (κ1) is 29.2. The number of nitrogens with zero attached hydrogens (tertiary/aromatic N) is 2. The van der Waals surface area contributed by atoms with Crippen LogP contribution in [0.15, 0.2) is 46.7 Å². The van der Waals surface area contributed by atoms with Crippen LogP contribution in [-0.2, 0) is 24.8 Å². The Kier molecular flexibility index (Phi) is 9.94. The molecule has 0 bridgehead atoms. The molecule has 0 aliphatic heterocycles. The number of benzene rings is 2. The van der Waals surface area contributed by atoms with E-state index in [1.807, 2.05) is 6.07 Å². The van der Waals surface area contributed by atoms with E-state index in [0.29, 0.717) is 11.4 Å². The van der Waals surface area contributed by atoms with Crippen molar-refractivity contribution in [3.63, 3.8) is 0 Å². The molecular weight excluding hydrogens is 480 g/mol. The van der Waals surface area contributed by atoms with Gasteiger partial charge in [0.1, 0.15) is 0 Å². The second-order valence-corrected chi connectivity index (χ2v) is 10.00. The molecule has 0 saturated heterocycles. The van der Waals surface area contributed by atoms with Crippen LogP contribution in [-0.4, -0.2) is 35.9 Å². The number of rotatable bonds is 12. The summed E-state index contributed by atoms with van der Waals surface area (Å²) in [6, 6.07) is 12.5.